The van der Waals surface area contributed by atoms with Crippen molar-refractivity contribution in [2.24, 2.45) is 0 Å². The van der Waals surface area contributed by atoms with Crippen molar-refractivity contribution >= 4 is 33.2 Å². The van der Waals surface area contributed by atoms with E-state index in [-0.39, 0.29) is 0 Å². The minimum Gasteiger partial charge on any atom is -0.301 e. The van der Waals surface area contributed by atoms with Crippen molar-refractivity contribution in [1.82, 2.24) is 24.6 Å². The van der Waals surface area contributed by atoms with Gasteiger partial charge in [-0.25, -0.2) is 9.97 Å². The van der Waals surface area contributed by atoms with Gasteiger partial charge >= 0.3 is 0 Å². The van der Waals surface area contributed by atoms with Crippen LogP contribution in [0.15, 0.2) is 24.8 Å². The third kappa shape index (κ3) is 2.74. The first kappa shape index (κ1) is 14.1. The zero-order valence-electron chi connectivity index (χ0n) is 12.1. The van der Waals surface area contributed by atoms with E-state index in [9.17, 15) is 0 Å². The van der Waals surface area contributed by atoms with E-state index in [4.69, 9.17) is 11.6 Å². The zero-order valence-corrected chi connectivity index (χ0v) is 13.6. The van der Waals surface area contributed by atoms with Crippen molar-refractivity contribution in [3.05, 3.63) is 29.9 Å². The van der Waals surface area contributed by atoms with Gasteiger partial charge in [-0.3, -0.25) is 4.68 Å². The summed E-state index contributed by atoms with van der Waals surface area (Å²) in [6.07, 6.45) is 8.17. The second kappa shape index (κ2) is 5.95. The van der Waals surface area contributed by atoms with Crippen LogP contribution in [0.1, 0.15) is 12.8 Å². The van der Waals surface area contributed by atoms with E-state index >= 15 is 0 Å². The fourth-order valence-electron chi connectivity index (χ4n) is 2.83. The lowest BCUT2D eigenvalue weighted by Crippen LogP contribution is -2.24. The van der Waals surface area contributed by atoms with Crippen LogP contribution in [0.2, 0.25) is 5.15 Å². The number of aromatic nitrogens is 4. The molecular weight excluding hydrogens is 318 g/mol. The maximum absolute atomic E-state index is 6.12. The summed E-state index contributed by atoms with van der Waals surface area (Å²) in [6, 6.07) is 2.05. The van der Waals surface area contributed by atoms with Crippen LogP contribution in [0.3, 0.4) is 0 Å². The molecule has 0 spiro atoms. The molecule has 0 saturated carbocycles. The average Bonchev–Trinajstić information content (AvgIpc) is 3.25. The molecule has 0 N–H and O–H groups in total. The summed E-state index contributed by atoms with van der Waals surface area (Å²) >= 11 is 7.73. The van der Waals surface area contributed by atoms with Gasteiger partial charge < -0.3 is 4.90 Å². The lowest BCUT2D eigenvalue weighted by molar-refractivity contribution is 0.316. The van der Waals surface area contributed by atoms with Crippen molar-refractivity contribution in [3.8, 4) is 10.4 Å². The molecule has 0 radical (unpaired) electrons. The Morgan fingerprint density at radius 1 is 1.18 bits per heavy atom. The monoisotopic (exact) mass is 333 g/mol. The summed E-state index contributed by atoms with van der Waals surface area (Å²) < 4.78 is 2.95. The molecule has 7 heteroatoms. The lowest BCUT2D eigenvalue weighted by Gasteiger charge is -2.13. The van der Waals surface area contributed by atoms with Gasteiger partial charge in [-0.05, 0) is 32.0 Å². The largest absolute Gasteiger partial charge is 0.301 e. The molecule has 1 saturated heterocycles. The predicted molar refractivity (Wildman–Crippen MR) is 89.3 cm³/mol. The fraction of sp³-hybridized carbons (Fsp3) is 0.400. The molecule has 4 rings (SSSR count). The Morgan fingerprint density at radius 2 is 2.05 bits per heavy atom. The molecule has 114 valence electrons. The van der Waals surface area contributed by atoms with Crippen molar-refractivity contribution in [1.29, 1.82) is 0 Å². The summed E-state index contributed by atoms with van der Waals surface area (Å²) in [6.45, 7) is 4.46. The third-order valence-electron chi connectivity index (χ3n) is 4.03. The van der Waals surface area contributed by atoms with Gasteiger partial charge in [0.15, 0.2) is 0 Å². The number of hydrogen-bond acceptors (Lipinski definition) is 5. The lowest BCUT2D eigenvalue weighted by atomic mass is 10.3. The molecule has 0 unspecified atom stereocenters. The van der Waals surface area contributed by atoms with Crippen molar-refractivity contribution < 1.29 is 0 Å². The molecular formula is C15H16ClN5S. The highest BCUT2D eigenvalue weighted by Gasteiger charge is 2.13. The molecule has 0 aromatic carbocycles. The summed E-state index contributed by atoms with van der Waals surface area (Å²) in [5.74, 6) is 0. The maximum atomic E-state index is 6.12. The molecule has 3 aromatic rings. The first-order valence-electron chi connectivity index (χ1n) is 7.45. The van der Waals surface area contributed by atoms with E-state index in [1.165, 1.54) is 32.3 Å². The van der Waals surface area contributed by atoms with Crippen LogP contribution in [-0.4, -0.2) is 44.3 Å². The average molecular weight is 334 g/mol. The summed E-state index contributed by atoms with van der Waals surface area (Å²) in [5, 5.41) is 4.99. The molecule has 0 atom stereocenters. The van der Waals surface area contributed by atoms with E-state index in [2.05, 4.69) is 32.2 Å². The van der Waals surface area contributed by atoms with Crippen LogP contribution in [0.5, 0.6) is 0 Å². The number of likely N-dealkylation sites (tertiary alicyclic amines) is 1. The van der Waals surface area contributed by atoms with Crippen LogP contribution >= 0.6 is 22.9 Å². The number of fused-ring (bicyclic) bond motifs is 1. The Morgan fingerprint density at radius 3 is 2.86 bits per heavy atom. The van der Waals surface area contributed by atoms with Crippen molar-refractivity contribution in [2.45, 2.75) is 19.4 Å². The van der Waals surface area contributed by atoms with E-state index in [1.54, 1.807) is 11.3 Å². The number of nitrogens with zero attached hydrogens (tertiary/aromatic N) is 5. The second-order valence-electron chi connectivity index (χ2n) is 5.53. The first-order chi connectivity index (χ1) is 10.8. The molecule has 5 nitrogen and oxygen atoms in total. The van der Waals surface area contributed by atoms with Crippen LogP contribution < -0.4 is 0 Å². The molecule has 1 aliphatic rings. The SMILES string of the molecule is Clc1ncnc2cc(-c3cnn(CCN4CCCC4)c3)sc12. The van der Waals surface area contributed by atoms with Gasteiger partial charge in [0, 0.05) is 23.2 Å². The Balaban J connectivity index is 1.53. The van der Waals surface area contributed by atoms with Gasteiger partial charge in [-0.2, -0.15) is 5.10 Å². The smallest absolute Gasteiger partial charge is 0.150 e. The van der Waals surface area contributed by atoms with Crippen LogP contribution in [0.4, 0.5) is 0 Å². The van der Waals surface area contributed by atoms with Crippen molar-refractivity contribution in [3.63, 3.8) is 0 Å². The summed E-state index contributed by atoms with van der Waals surface area (Å²) in [7, 11) is 0. The summed E-state index contributed by atoms with van der Waals surface area (Å²) in [5.41, 5.74) is 2.00. The minimum absolute atomic E-state index is 0.516. The van der Waals surface area contributed by atoms with Gasteiger partial charge in [0.2, 0.25) is 0 Å². The normalized spacial score (nSPS) is 15.9. The highest BCUT2D eigenvalue weighted by atomic mass is 35.5. The number of rotatable bonds is 4. The van der Waals surface area contributed by atoms with Gasteiger partial charge in [0.05, 0.1) is 23.0 Å². The standard InChI is InChI=1S/C15H16ClN5S/c16-15-14-12(17-10-18-15)7-13(22-14)11-8-19-21(9-11)6-5-20-3-1-2-4-20/h7-10H,1-6H2. The number of halogens is 1. The number of thiophene rings is 1. The Hall–Kier alpha value is -1.50. The predicted octanol–water partition coefficient (Wildman–Crippen LogP) is 3.30. The Bertz CT molecular complexity index is 790. The van der Waals surface area contributed by atoms with Crippen LogP contribution in [0.25, 0.3) is 20.7 Å². The number of hydrogen-bond donors (Lipinski definition) is 0. The second-order valence-corrected chi connectivity index (χ2v) is 6.94. The third-order valence-corrected chi connectivity index (χ3v) is 5.61. The van der Waals surface area contributed by atoms with E-state index in [1.807, 2.05) is 10.9 Å². The minimum atomic E-state index is 0.516. The quantitative estimate of drug-likeness (QED) is 0.687. The molecule has 22 heavy (non-hydrogen) atoms. The molecule has 4 heterocycles. The molecule has 0 bridgehead atoms. The molecule has 1 aliphatic heterocycles. The van der Waals surface area contributed by atoms with Gasteiger partial charge in [-0.15, -0.1) is 11.3 Å². The van der Waals surface area contributed by atoms with Crippen molar-refractivity contribution in [2.75, 3.05) is 19.6 Å². The van der Waals surface area contributed by atoms with Gasteiger partial charge in [0.1, 0.15) is 11.5 Å². The summed E-state index contributed by atoms with van der Waals surface area (Å²) in [4.78, 5) is 11.9. The molecule has 3 aromatic heterocycles. The first-order valence-corrected chi connectivity index (χ1v) is 8.64. The fourth-order valence-corrected chi connectivity index (χ4v) is 4.05. The zero-order chi connectivity index (χ0) is 14.9. The van der Waals surface area contributed by atoms with E-state index in [0.29, 0.717) is 5.15 Å². The topological polar surface area (TPSA) is 46.8 Å². The molecule has 0 aliphatic carbocycles. The Kier molecular flexibility index (Phi) is 3.82. The Labute approximate surface area is 137 Å². The van der Waals surface area contributed by atoms with E-state index in [0.717, 1.165) is 33.7 Å². The van der Waals surface area contributed by atoms with E-state index < -0.39 is 0 Å². The van der Waals surface area contributed by atoms with Crippen LogP contribution in [-0.2, 0) is 6.54 Å². The molecule has 0 amide bonds. The van der Waals surface area contributed by atoms with Gasteiger partial charge in [0.25, 0.3) is 0 Å². The highest BCUT2D eigenvalue weighted by molar-refractivity contribution is 7.22. The van der Waals surface area contributed by atoms with Gasteiger partial charge in [-0.1, -0.05) is 11.6 Å². The van der Waals surface area contributed by atoms with Crippen LogP contribution in [0, 0.1) is 0 Å². The molecule has 1 fully saturated rings. The highest BCUT2D eigenvalue weighted by Crippen LogP contribution is 2.35. The maximum Gasteiger partial charge on any atom is 0.150 e.